The standard InChI is InChI=1S/C52H72N16O13/c1-27(69)42(66-41(72)25-60-45(74)36(16-17-40(54)71)62-44(73)33(53)21-30-23-59-34-13-7-6-12-32(30)34)49(78)64-37(22-31-24-57-26-61-31)47(76)65-38(20-29-10-4-3-5-11-29)50(79)68-19-9-15-39(68)48(77)63-35(14-8-18-58-52(55)56)46(75)67-43(28(2)70)51(80)81/h3-7,10-13,23-24,26-28,33,35-39,42-43,59,69-70H,8-9,14-22,25,53H2,1-2H3,(H2,54,71)(H,57,61)(H,60,74)(H,62,73)(H,63,77)(H,64,78)(H,65,76)(H,66,72)(H,67,75)(H,80,81)(H4,55,56,58)/t27-,28-,33+,35+,36+,37+,38+,39+,42+,43+/m1/s1. The van der Waals surface area contributed by atoms with Crippen LogP contribution >= 0.6 is 0 Å². The maximum atomic E-state index is 14.7. The maximum Gasteiger partial charge on any atom is 0.328 e. The van der Waals surface area contributed by atoms with Gasteiger partial charge < -0.3 is 90.3 Å². The van der Waals surface area contributed by atoms with Crippen LogP contribution in [-0.2, 0) is 67.2 Å². The highest BCUT2D eigenvalue weighted by Crippen LogP contribution is 2.22. The number of aromatic amines is 2. The second kappa shape index (κ2) is 30.4. The first-order valence-electron chi connectivity index (χ1n) is 26.2. The van der Waals surface area contributed by atoms with E-state index in [2.05, 4.69) is 57.2 Å². The molecule has 3 heterocycles. The van der Waals surface area contributed by atoms with E-state index in [0.717, 1.165) is 23.4 Å². The summed E-state index contributed by atoms with van der Waals surface area (Å²) in [5, 5.41) is 48.6. The van der Waals surface area contributed by atoms with Gasteiger partial charge in [0.1, 0.15) is 36.3 Å². The number of imidazole rings is 1. The van der Waals surface area contributed by atoms with E-state index in [0.29, 0.717) is 17.7 Å². The lowest BCUT2D eigenvalue weighted by atomic mass is 10.0. The zero-order valence-electron chi connectivity index (χ0n) is 44.8. The van der Waals surface area contributed by atoms with Gasteiger partial charge in [-0.1, -0.05) is 48.5 Å². The van der Waals surface area contributed by atoms with Crippen LogP contribution in [0.25, 0.3) is 10.9 Å². The van der Waals surface area contributed by atoms with Crippen LogP contribution in [0.15, 0.2) is 78.3 Å². The molecule has 1 saturated heterocycles. The van der Waals surface area contributed by atoms with E-state index in [1.165, 1.54) is 24.3 Å². The number of aliphatic imine (C=N–C) groups is 1. The molecule has 4 aromatic rings. The second-order valence-corrected chi connectivity index (χ2v) is 19.6. The number of nitrogens with two attached hydrogens (primary N) is 4. The van der Waals surface area contributed by atoms with E-state index in [4.69, 9.17) is 22.9 Å². The van der Waals surface area contributed by atoms with E-state index in [1.807, 2.05) is 24.3 Å². The monoisotopic (exact) mass is 1130 g/mol. The topological polar surface area (TPSA) is 480 Å². The largest absolute Gasteiger partial charge is 0.480 e. The molecule has 0 bridgehead atoms. The van der Waals surface area contributed by atoms with Crippen LogP contribution in [0, 0.1) is 0 Å². The Kier molecular flexibility index (Phi) is 23.6. The SMILES string of the molecule is C[C@@H](O)[C@H](NC(=O)[C@H](CCCN=C(N)N)NC(=O)[C@@H]1CCCN1C(=O)[C@H](Cc1ccccc1)NC(=O)[C@H](Cc1cnc[nH]1)NC(=O)[C@@H](NC(=O)CNC(=O)[C@H](CCC(N)=O)NC(=O)[C@@H](N)Cc1c[nH]c2ccccc12)[C@@H](C)O)C(=O)O. The summed E-state index contributed by atoms with van der Waals surface area (Å²) >= 11 is 0. The molecule has 438 valence electrons. The van der Waals surface area contributed by atoms with Gasteiger partial charge in [-0.25, -0.2) is 9.78 Å². The van der Waals surface area contributed by atoms with E-state index >= 15 is 0 Å². The number of H-pyrrole nitrogens is 2. The number of rotatable bonds is 31. The van der Waals surface area contributed by atoms with Crippen LogP contribution in [-0.4, -0.2) is 180 Å². The third-order valence-electron chi connectivity index (χ3n) is 13.2. The molecule has 1 fully saturated rings. The molecule has 0 radical (unpaired) electrons. The van der Waals surface area contributed by atoms with Gasteiger partial charge in [-0.2, -0.15) is 0 Å². The summed E-state index contributed by atoms with van der Waals surface area (Å²) < 4.78 is 0. The minimum atomic E-state index is -1.75. The number of carbonyl (C=O) groups excluding carboxylic acids is 9. The van der Waals surface area contributed by atoms with Crippen molar-refractivity contribution in [2.75, 3.05) is 19.6 Å². The number of guanidine groups is 1. The van der Waals surface area contributed by atoms with Crippen molar-refractivity contribution < 1.29 is 63.3 Å². The number of likely N-dealkylation sites (tertiary alicyclic amines) is 1. The maximum absolute atomic E-state index is 14.7. The molecule has 0 saturated carbocycles. The Morgan fingerprint density at radius 1 is 0.728 bits per heavy atom. The molecule has 20 N–H and O–H groups in total. The number of nitrogens with zero attached hydrogens (tertiary/aromatic N) is 3. The Balaban J connectivity index is 1.29. The fourth-order valence-electron chi connectivity index (χ4n) is 8.98. The Morgan fingerprint density at radius 2 is 1.38 bits per heavy atom. The van der Waals surface area contributed by atoms with Crippen molar-refractivity contribution in [1.29, 1.82) is 0 Å². The van der Waals surface area contributed by atoms with Gasteiger partial charge in [-0.05, 0) is 69.6 Å². The van der Waals surface area contributed by atoms with E-state index in [-0.39, 0.29) is 70.4 Å². The minimum absolute atomic E-state index is 0.0381. The van der Waals surface area contributed by atoms with E-state index in [9.17, 15) is 63.3 Å². The van der Waals surface area contributed by atoms with Gasteiger partial charge in [0.25, 0.3) is 0 Å². The number of aliphatic carboxylic acids is 1. The molecular formula is C52H72N16O13. The Morgan fingerprint density at radius 3 is 2.04 bits per heavy atom. The molecule has 0 aliphatic carbocycles. The molecule has 0 unspecified atom stereocenters. The number of fused-ring (bicyclic) bond motifs is 1. The molecule has 5 rings (SSSR count). The number of nitrogens with one attached hydrogen (secondary N) is 9. The quantitative estimate of drug-likeness (QED) is 0.0128. The summed E-state index contributed by atoms with van der Waals surface area (Å²) in [7, 11) is 0. The van der Waals surface area contributed by atoms with Gasteiger partial charge in [-0.3, -0.25) is 48.1 Å². The first-order valence-corrected chi connectivity index (χ1v) is 26.2. The number of carboxylic acid groups (broad SMARTS) is 1. The first-order chi connectivity index (χ1) is 38.5. The lowest BCUT2D eigenvalue weighted by molar-refractivity contribution is -0.145. The number of carboxylic acids is 1. The van der Waals surface area contributed by atoms with E-state index in [1.54, 1.807) is 36.5 Å². The molecule has 2 aromatic carbocycles. The fraction of sp³-hybridized carbons (Fsp3) is 0.462. The number of primary amides is 1. The number of carbonyl (C=O) groups is 10. The summed E-state index contributed by atoms with van der Waals surface area (Å²) in [5.74, 6) is -9.57. The molecule has 1 aliphatic heterocycles. The lowest BCUT2D eigenvalue weighted by Crippen LogP contribution is -2.61. The highest BCUT2D eigenvalue weighted by Gasteiger charge is 2.41. The van der Waals surface area contributed by atoms with Crippen molar-refractivity contribution in [2.45, 2.75) is 132 Å². The minimum Gasteiger partial charge on any atom is -0.480 e. The van der Waals surface area contributed by atoms with Crippen molar-refractivity contribution in [2.24, 2.45) is 27.9 Å². The zero-order chi connectivity index (χ0) is 59.3. The summed E-state index contributed by atoms with van der Waals surface area (Å²) in [6, 6.07) is 4.47. The number of para-hydroxylation sites is 1. The second-order valence-electron chi connectivity index (χ2n) is 19.6. The highest BCUT2D eigenvalue weighted by molar-refractivity contribution is 5.98. The molecule has 1 aliphatic rings. The van der Waals surface area contributed by atoms with Crippen LogP contribution in [0.1, 0.15) is 69.2 Å². The van der Waals surface area contributed by atoms with Crippen LogP contribution in [0.2, 0.25) is 0 Å². The summed E-state index contributed by atoms with van der Waals surface area (Å²) in [6.07, 6.45) is 0.931. The molecule has 29 heteroatoms. The van der Waals surface area contributed by atoms with Gasteiger partial charge in [-0.15, -0.1) is 0 Å². The van der Waals surface area contributed by atoms with Crippen LogP contribution < -0.4 is 60.2 Å². The van der Waals surface area contributed by atoms with Gasteiger partial charge in [0.05, 0.1) is 31.1 Å². The highest BCUT2D eigenvalue weighted by atomic mass is 16.4. The van der Waals surface area contributed by atoms with Crippen LogP contribution in [0.5, 0.6) is 0 Å². The molecule has 10 atom stereocenters. The molecule has 81 heavy (non-hydrogen) atoms. The van der Waals surface area contributed by atoms with Crippen molar-refractivity contribution >= 4 is 76.0 Å². The average molecular weight is 1130 g/mol. The van der Waals surface area contributed by atoms with Gasteiger partial charge in [0.15, 0.2) is 12.0 Å². The van der Waals surface area contributed by atoms with Crippen molar-refractivity contribution in [3.8, 4) is 0 Å². The fourth-order valence-corrected chi connectivity index (χ4v) is 8.98. The lowest BCUT2D eigenvalue weighted by Gasteiger charge is -2.31. The predicted octanol–water partition coefficient (Wildman–Crippen LogP) is -4.57. The molecule has 9 amide bonds. The summed E-state index contributed by atoms with van der Waals surface area (Å²) in [5.41, 5.74) is 24.9. The van der Waals surface area contributed by atoms with Crippen LogP contribution in [0.4, 0.5) is 0 Å². The molecule has 29 nitrogen and oxygen atoms in total. The summed E-state index contributed by atoms with van der Waals surface area (Å²) in [4.78, 5) is 150. The number of aliphatic hydroxyl groups excluding tert-OH is 2. The third kappa shape index (κ3) is 19.1. The zero-order valence-corrected chi connectivity index (χ0v) is 44.8. The summed E-state index contributed by atoms with van der Waals surface area (Å²) in [6.45, 7) is 1.63. The Bertz CT molecular complexity index is 2860. The van der Waals surface area contributed by atoms with Crippen molar-refractivity contribution in [3.63, 3.8) is 0 Å². The first kappa shape index (κ1) is 62.9. The molecular weight excluding hydrogens is 1060 g/mol. The van der Waals surface area contributed by atoms with Gasteiger partial charge in [0, 0.05) is 61.3 Å². The van der Waals surface area contributed by atoms with Crippen molar-refractivity contribution in [1.82, 2.24) is 57.1 Å². The van der Waals surface area contributed by atoms with Gasteiger partial charge in [0.2, 0.25) is 53.2 Å². The molecule has 2 aromatic heterocycles. The Hall–Kier alpha value is -8.96. The Labute approximate surface area is 464 Å². The van der Waals surface area contributed by atoms with E-state index < -0.39 is 126 Å². The number of aromatic nitrogens is 3. The number of hydrogen-bond donors (Lipinski definition) is 16. The molecule has 0 spiro atoms. The smallest absolute Gasteiger partial charge is 0.328 e. The average Bonchev–Trinajstić information content (AvgIpc) is 4.24. The number of aliphatic hydroxyl groups is 2. The van der Waals surface area contributed by atoms with Gasteiger partial charge >= 0.3 is 5.97 Å². The number of amides is 9. The van der Waals surface area contributed by atoms with Crippen LogP contribution in [0.3, 0.4) is 0 Å². The van der Waals surface area contributed by atoms with Crippen molar-refractivity contribution in [3.05, 3.63) is 90.1 Å². The number of benzene rings is 2. The third-order valence-corrected chi connectivity index (χ3v) is 13.2. The normalized spacial score (nSPS) is 16.4. The predicted molar refractivity (Wildman–Crippen MR) is 291 cm³/mol. The number of hydrogen-bond acceptors (Lipinski definition) is 15.